The molecule has 1 heterocycles. The van der Waals surface area contributed by atoms with Crippen molar-refractivity contribution >= 4 is 33.0 Å². The van der Waals surface area contributed by atoms with Gasteiger partial charge in [0.05, 0.1) is 20.5 Å². The van der Waals surface area contributed by atoms with Gasteiger partial charge in [0.25, 0.3) is 15.7 Å². The first-order chi connectivity index (χ1) is 11.8. The molecule has 132 valence electrons. The van der Waals surface area contributed by atoms with E-state index in [4.69, 9.17) is 21.1 Å². The molecule has 0 aliphatic carbocycles. The monoisotopic (exact) mass is 384 g/mol. The summed E-state index contributed by atoms with van der Waals surface area (Å²) < 4.78 is 38.2. The summed E-state index contributed by atoms with van der Waals surface area (Å²) >= 11 is 5.93. The fraction of sp³-hybridized carbons (Fsp3) is 0.200. The molecular formula is C15H13ClN2O6S. The number of hydrogen-bond acceptors (Lipinski definition) is 6. The summed E-state index contributed by atoms with van der Waals surface area (Å²) in [7, 11) is -4.07. The van der Waals surface area contributed by atoms with E-state index in [0.717, 1.165) is 6.07 Å². The Kier molecular flexibility index (Phi) is 4.44. The molecule has 0 spiro atoms. The summed E-state index contributed by atoms with van der Waals surface area (Å²) in [5, 5.41) is 11.1. The molecule has 10 heteroatoms. The third kappa shape index (κ3) is 3.47. The molecular weight excluding hydrogens is 372 g/mol. The highest BCUT2D eigenvalue weighted by molar-refractivity contribution is 7.92. The molecule has 3 rings (SSSR count). The number of nitrogens with one attached hydrogen (secondary N) is 1. The lowest BCUT2D eigenvalue weighted by Crippen LogP contribution is -2.17. The van der Waals surface area contributed by atoms with Crippen LogP contribution in [0.1, 0.15) is 5.56 Å². The van der Waals surface area contributed by atoms with E-state index in [2.05, 4.69) is 4.72 Å². The van der Waals surface area contributed by atoms with Gasteiger partial charge in [-0.3, -0.25) is 14.8 Å². The second-order valence-corrected chi connectivity index (χ2v) is 7.36. The molecule has 0 saturated carbocycles. The maximum Gasteiger partial charge on any atom is 0.275 e. The number of fused-ring (bicyclic) bond motifs is 1. The first-order valence-electron chi connectivity index (χ1n) is 7.15. The lowest BCUT2D eigenvalue weighted by Gasteiger charge is -2.19. The predicted octanol–water partition coefficient (Wildman–Crippen LogP) is 3.13. The SMILES string of the molecule is Cc1c(Cl)cc(S(=O)(=O)Nc2ccc3c(c2)OCCO3)cc1[N+](=O)[O-]. The second kappa shape index (κ2) is 6.41. The van der Waals surface area contributed by atoms with Crippen LogP contribution < -0.4 is 14.2 Å². The van der Waals surface area contributed by atoms with Gasteiger partial charge in [0, 0.05) is 17.7 Å². The minimum absolute atomic E-state index is 0.00301. The van der Waals surface area contributed by atoms with Crippen molar-refractivity contribution in [3.05, 3.63) is 51.0 Å². The molecule has 8 nitrogen and oxygen atoms in total. The van der Waals surface area contributed by atoms with Crippen molar-refractivity contribution in [3.63, 3.8) is 0 Å². The zero-order valence-electron chi connectivity index (χ0n) is 13.0. The fourth-order valence-electron chi connectivity index (χ4n) is 2.31. The van der Waals surface area contributed by atoms with E-state index in [9.17, 15) is 18.5 Å². The Balaban J connectivity index is 1.96. The van der Waals surface area contributed by atoms with Gasteiger partial charge in [-0.15, -0.1) is 0 Å². The van der Waals surface area contributed by atoms with Crippen LogP contribution >= 0.6 is 11.6 Å². The third-order valence-corrected chi connectivity index (χ3v) is 5.35. The molecule has 2 aromatic carbocycles. The Labute approximate surface area is 148 Å². The van der Waals surface area contributed by atoms with Gasteiger partial charge in [0.2, 0.25) is 0 Å². The molecule has 0 aromatic heterocycles. The Hall–Kier alpha value is -2.52. The number of halogens is 1. The molecule has 2 aromatic rings. The van der Waals surface area contributed by atoms with Crippen molar-refractivity contribution in [2.75, 3.05) is 17.9 Å². The number of nitrogens with zero attached hydrogens (tertiary/aromatic N) is 1. The average Bonchev–Trinajstić information content (AvgIpc) is 2.56. The van der Waals surface area contributed by atoms with Crippen LogP contribution in [-0.2, 0) is 10.0 Å². The van der Waals surface area contributed by atoms with Crippen molar-refractivity contribution < 1.29 is 22.8 Å². The first-order valence-corrected chi connectivity index (χ1v) is 9.01. The number of hydrogen-bond donors (Lipinski definition) is 1. The highest BCUT2D eigenvalue weighted by Crippen LogP contribution is 2.34. The van der Waals surface area contributed by atoms with E-state index in [1.807, 2.05) is 0 Å². The van der Waals surface area contributed by atoms with Crippen molar-refractivity contribution in [3.8, 4) is 11.5 Å². The van der Waals surface area contributed by atoms with Crippen LogP contribution in [0.25, 0.3) is 0 Å². The van der Waals surface area contributed by atoms with Crippen LogP contribution in [0.5, 0.6) is 11.5 Å². The zero-order valence-corrected chi connectivity index (χ0v) is 14.6. The molecule has 0 fully saturated rings. The number of benzene rings is 2. The molecule has 1 N–H and O–H groups in total. The van der Waals surface area contributed by atoms with Crippen LogP contribution in [0.2, 0.25) is 5.02 Å². The topological polar surface area (TPSA) is 108 Å². The van der Waals surface area contributed by atoms with Crippen LogP contribution in [0.15, 0.2) is 35.2 Å². The molecule has 0 amide bonds. The van der Waals surface area contributed by atoms with Crippen molar-refractivity contribution in [2.45, 2.75) is 11.8 Å². The zero-order chi connectivity index (χ0) is 18.2. The maximum atomic E-state index is 12.5. The average molecular weight is 385 g/mol. The van der Waals surface area contributed by atoms with Gasteiger partial charge in [-0.2, -0.15) is 0 Å². The number of sulfonamides is 1. The highest BCUT2D eigenvalue weighted by atomic mass is 35.5. The number of ether oxygens (including phenoxy) is 2. The molecule has 0 radical (unpaired) electrons. The van der Waals surface area contributed by atoms with E-state index >= 15 is 0 Å². The van der Waals surface area contributed by atoms with E-state index in [1.165, 1.54) is 25.1 Å². The highest BCUT2D eigenvalue weighted by Gasteiger charge is 2.23. The van der Waals surface area contributed by atoms with Crippen molar-refractivity contribution in [1.29, 1.82) is 0 Å². The number of nitro groups is 1. The normalized spacial score (nSPS) is 13.4. The predicted molar refractivity (Wildman–Crippen MR) is 91.1 cm³/mol. The Morgan fingerprint density at radius 2 is 1.84 bits per heavy atom. The van der Waals surface area contributed by atoms with Gasteiger partial charge < -0.3 is 9.47 Å². The quantitative estimate of drug-likeness (QED) is 0.640. The van der Waals surface area contributed by atoms with Gasteiger partial charge in [0.1, 0.15) is 13.2 Å². The third-order valence-electron chi connectivity index (χ3n) is 3.59. The Morgan fingerprint density at radius 3 is 2.52 bits per heavy atom. The number of nitro benzene ring substituents is 1. The van der Waals surface area contributed by atoms with Gasteiger partial charge >= 0.3 is 0 Å². The minimum atomic E-state index is -4.07. The Morgan fingerprint density at radius 1 is 1.16 bits per heavy atom. The van der Waals surface area contributed by atoms with Gasteiger partial charge in [0.15, 0.2) is 11.5 Å². The molecule has 0 saturated heterocycles. The largest absolute Gasteiger partial charge is 0.486 e. The van der Waals surface area contributed by atoms with E-state index < -0.39 is 14.9 Å². The summed E-state index contributed by atoms with van der Waals surface area (Å²) in [5.74, 6) is 0.933. The van der Waals surface area contributed by atoms with Crippen LogP contribution in [0.4, 0.5) is 11.4 Å². The second-order valence-electron chi connectivity index (χ2n) is 5.27. The summed E-state index contributed by atoms with van der Waals surface area (Å²) in [6.45, 7) is 2.23. The summed E-state index contributed by atoms with van der Waals surface area (Å²) in [4.78, 5) is 10.1. The number of anilines is 1. The molecule has 1 aliphatic heterocycles. The summed E-state index contributed by atoms with van der Waals surface area (Å²) in [6, 6.07) is 6.72. The van der Waals surface area contributed by atoms with E-state index in [0.29, 0.717) is 24.7 Å². The Bertz CT molecular complexity index is 961. The smallest absolute Gasteiger partial charge is 0.275 e. The number of rotatable bonds is 4. The van der Waals surface area contributed by atoms with Crippen LogP contribution in [0.3, 0.4) is 0 Å². The molecule has 0 atom stereocenters. The van der Waals surface area contributed by atoms with Gasteiger partial charge in [-0.05, 0) is 25.1 Å². The standard InChI is InChI=1S/C15H13ClN2O6S/c1-9-12(16)7-11(8-13(9)18(19)20)25(21,22)17-10-2-3-14-15(6-10)24-5-4-23-14/h2-3,6-8,17H,4-5H2,1H3. The maximum absolute atomic E-state index is 12.5. The van der Waals surface area contributed by atoms with Crippen molar-refractivity contribution in [2.24, 2.45) is 0 Å². The van der Waals surface area contributed by atoms with Gasteiger partial charge in [-0.1, -0.05) is 11.6 Å². The summed E-state index contributed by atoms with van der Waals surface area (Å²) in [5.41, 5.74) is 0.0728. The van der Waals surface area contributed by atoms with Gasteiger partial charge in [-0.25, -0.2) is 8.42 Å². The fourth-order valence-corrected chi connectivity index (χ4v) is 3.68. The molecule has 25 heavy (non-hydrogen) atoms. The lowest BCUT2D eigenvalue weighted by atomic mass is 10.2. The minimum Gasteiger partial charge on any atom is -0.486 e. The summed E-state index contributed by atoms with van der Waals surface area (Å²) in [6.07, 6.45) is 0. The van der Waals surface area contributed by atoms with Crippen LogP contribution in [-0.4, -0.2) is 26.6 Å². The molecule has 1 aliphatic rings. The molecule has 0 bridgehead atoms. The first kappa shape index (κ1) is 17.3. The van der Waals surface area contributed by atoms with Crippen molar-refractivity contribution in [1.82, 2.24) is 0 Å². The lowest BCUT2D eigenvalue weighted by molar-refractivity contribution is -0.385. The molecule has 0 unspecified atom stereocenters. The van der Waals surface area contributed by atoms with E-state index in [1.54, 1.807) is 6.07 Å². The van der Waals surface area contributed by atoms with Crippen LogP contribution in [0, 0.1) is 17.0 Å². The van der Waals surface area contributed by atoms with E-state index in [-0.39, 0.29) is 26.9 Å².